The molecule has 0 aromatic carbocycles. The van der Waals surface area contributed by atoms with Gasteiger partial charge < -0.3 is 10.6 Å². The fourth-order valence-corrected chi connectivity index (χ4v) is 3.30. The molecule has 1 aromatic rings. The summed E-state index contributed by atoms with van der Waals surface area (Å²) in [4.78, 5) is 0. The number of fused-ring (bicyclic) bond motifs is 1. The van der Waals surface area contributed by atoms with E-state index in [1.807, 2.05) is 0 Å². The number of piperidine rings is 1. The summed E-state index contributed by atoms with van der Waals surface area (Å²) in [6, 6.07) is 0.586. The number of hydrogen-bond donors (Lipinski definition) is 3. The third-order valence-electron chi connectivity index (χ3n) is 4.53. The number of aromatic amines is 1. The lowest BCUT2D eigenvalue weighted by Gasteiger charge is -2.27. The van der Waals surface area contributed by atoms with Crippen LogP contribution in [0.3, 0.4) is 0 Å². The second-order valence-corrected chi connectivity index (χ2v) is 5.95. The molecular formula is C14H24N4. The third kappa shape index (κ3) is 2.14. The highest BCUT2D eigenvalue weighted by Gasteiger charge is 2.28. The van der Waals surface area contributed by atoms with Gasteiger partial charge in [-0.25, -0.2) is 0 Å². The molecule has 100 valence electrons. The van der Waals surface area contributed by atoms with Crippen molar-refractivity contribution in [2.75, 3.05) is 18.4 Å². The summed E-state index contributed by atoms with van der Waals surface area (Å²) in [7, 11) is 0. The zero-order valence-corrected chi connectivity index (χ0v) is 11.4. The molecule has 1 fully saturated rings. The lowest BCUT2D eigenvalue weighted by atomic mass is 9.82. The first kappa shape index (κ1) is 12.0. The molecule has 2 atom stereocenters. The van der Waals surface area contributed by atoms with Gasteiger partial charge in [0, 0.05) is 17.3 Å². The van der Waals surface area contributed by atoms with Gasteiger partial charge in [-0.1, -0.05) is 13.8 Å². The van der Waals surface area contributed by atoms with Crippen molar-refractivity contribution in [2.24, 2.45) is 0 Å². The first-order valence-corrected chi connectivity index (χ1v) is 7.31. The van der Waals surface area contributed by atoms with Crippen LogP contribution in [0.5, 0.6) is 0 Å². The summed E-state index contributed by atoms with van der Waals surface area (Å²) in [6.45, 7) is 6.87. The molecule has 0 bridgehead atoms. The van der Waals surface area contributed by atoms with E-state index >= 15 is 0 Å². The van der Waals surface area contributed by atoms with Gasteiger partial charge in [-0.15, -0.1) is 0 Å². The van der Waals surface area contributed by atoms with Gasteiger partial charge in [0.15, 0.2) is 5.82 Å². The van der Waals surface area contributed by atoms with Crippen LogP contribution < -0.4 is 10.6 Å². The van der Waals surface area contributed by atoms with E-state index in [9.17, 15) is 0 Å². The highest BCUT2D eigenvalue weighted by atomic mass is 15.2. The number of nitrogens with zero attached hydrogens (tertiary/aromatic N) is 1. The number of rotatable bonds is 2. The van der Waals surface area contributed by atoms with E-state index in [0.29, 0.717) is 17.9 Å². The predicted molar refractivity (Wildman–Crippen MR) is 74.2 cm³/mol. The highest BCUT2D eigenvalue weighted by molar-refractivity contribution is 5.51. The van der Waals surface area contributed by atoms with Gasteiger partial charge in [-0.05, 0) is 50.6 Å². The predicted octanol–water partition coefficient (Wildman–Crippen LogP) is 2.57. The lowest BCUT2D eigenvalue weighted by molar-refractivity contribution is 0.476. The van der Waals surface area contributed by atoms with Crippen molar-refractivity contribution < 1.29 is 0 Å². The molecule has 18 heavy (non-hydrogen) atoms. The molecule has 0 saturated carbocycles. The van der Waals surface area contributed by atoms with Gasteiger partial charge in [-0.2, -0.15) is 5.10 Å². The Morgan fingerprint density at radius 3 is 2.56 bits per heavy atom. The van der Waals surface area contributed by atoms with E-state index in [0.717, 1.165) is 18.9 Å². The number of nitrogens with one attached hydrogen (secondary N) is 3. The van der Waals surface area contributed by atoms with Crippen LogP contribution in [0.25, 0.3) is 0 Å². The van der Waals surface area contributed by atoms with E-state index in [4.69, 9.17) is 0 Å². The first-order valence-electron chi connectivity index (χ1n) is 7.31. The zero-order chi connectivity index (χ0) is 12.5. The van der Waals surface area contributed by atoms with E-state index in [1.54, 1.807) is 0 Å². The highest BCUT2D eigenvalue weighted by Crippen LogP contribution is 2.40. The van der Waals surface area contributed by atoms with Gasteiger partial charge in [-0.3, -0.25) is 5.10 Å². The minimum absolute atomic E-state index is 0.586. The Hall–Kier alpha value is -1.03. The fraction of sp³-hybridized carbons (Fsp3) is 0.786. The van der Waals surface area contributed by atoms with Gasteiger partial charge in [0.1, 0.15) is 0 Å². The topological polar surface area (TPSA) is 52.7 Å². The molecule has 4 heteroatoms. The van der Waals surface area contributed by atoms with Crippen molar-refractivity contribution in [3.8, 4) is 0 Å². The fourth-order valence-electron chi connectivity index (χ4n) is 3.30. The SMILES string of the molecule is CC1CCC(C)c2c(NC3CCNCC3)n[nH]c21. The molecule has 0 spiro atoms. The molecule has 1 aliphatic heterocycles. The molecule has 1 saturated heterocycles. The van der Waals surface area contributed by atoms with Crippen LogP contribution in [-0.4, -0.2) is 29.3 Å². The molecule has 2 aliphatic rings. The van der Waals surface area contributed by atoms with Gasteiger partial charge in [0.05, 0.1) is 0 Å². The van der Waals surface area contributed by atoms with E-state index in [-0.39, 0.29) is 0 Å². The number of hydrogen-bond acceptors (Lipinski definition) is 3. The maximum Gasteiger partial charge on any atom is 0.151 e. The Kier molecular flexibility index (Phi) is 3.29. The van der Waals surface area contributed by atoms with Crippen molar-refractivity contribution in [1.82, 2.24) is 15.5 Å². The van der Waals surface area contributed by atoms with Crippen LogP contribution in [0.2, 0.25) is 0 Å². The van der Waals surface area contributed by atoms with E-state index in [2.05, 4.69) is 34.7 Å². The van der Waals surface area contributed by atoms with Crippen LogP contribution in [-0.2, 0) is 0 Å². The minimum atomic E-state index is 0.586. The van der Waals surface area contributed by atoms with E-state index in [1.165, 1.54) is 36.9 Å². The van der Waals surface area contributed by atoms with Gasteiger partial charge >= 0.3 is 0 Å². The quantitative estimate of drug-likeness (QED) is 0.754. The van der Waals surface area contributed by atoms with Crippen LogP contribution in [0, 0.1) is 0 Å². The Morgan fingerprint density at radius 2 is 1.78 bits per heavy atom. The Bertz CT molecular complexity index is 406. The monoisotopic (exact) mass is 248 g/mol. The lowest BCUT2D eigenvalue weighted by Crippen LogP contribution is -2.35. The van der Waals surface area contributed by atoms with Crippen LogP contribution >= 0.6 is 0 Å². The number of aromatic nitrogens is 2. The molecular weight excluding hydrogens is 224 g/mol. The second kappa shape index (κ2) is 4.92. The number of anilines is 1. The van der Waals surface area contributed by atoms with Gasteiger partial charge in [0.2, 0.25) is 0 Å². The summed E-state index contributed by atoms with van der Waals surface area (Å²) >= 11 is 0. The van der Waals surface area contributed by atoms with Crippen molar-refractivity contribution >= 4 is 5.82 Å². The first-order chi connectivity index (χ1) is 8.75. The van der Waals surface area contributed by atoms with Gasteiger partial charge in [0.25, 0.3) is 0 Å². The molecule has 0 radical (unpaired) electrons. The van der Waals surface area contributed by atoms with Crippen molar-refractivity contribution in [3.05, 3.63) is 11.3 Å². The zero-order valence-electron chi connectivity index (χ0n) is 11.4. The molecule has 3 N–H and O–H groups in total. The average Bonchev–Trinajstić information content (AvgIpc) is 2.80. The molecule has 2 heterocycles. The number of H-pyrrole nitrogens is 1. The average molecular weight is 248 g/mol. The summed E-state index contributed by atoms with van der Waals surface area (Å²) < 4.78 is 0. The maximum absolute atomic E-state index is 4.54. The van der Waals surface area contributed by atoms with E-state index < -0.39 is 0 Å². The second-order valence-electron chi connectivity index (χ2n) is 5.95. The van der Waals surface area contributed by atoms with Crippen molar-refractivity contribution in [1.29, 1.82) is 0 Å². The maximum atomic E-state index is 4.54. The largest absolute Gasteiger partial charge is 0.366 e. The Morgan fingerprint density at radius 1 is 1.06 bits per heavy atom. The van der Waals surface area contributed by atoms with Crippen molar-refractivity contribution in [3.63, 3.8) is 0 Å². The molecule has 2 unspecified atom stereocenters. The van der Waals surface area contributed by atoms with Crippen LogP contribution in [0.15, 0.2) is 0 Å². The minimum Gasteiger partial charge on any atom is -0.366 e. The summed E-state index contributed by atoms with van der Waals surface area (Å²) in [5.74, 6) is 2.39. The summed E-state index contributed by atoms with van der Waals surface area (Å²) in [5, 5.41) is 14.9. The summed E-state index contributed by atoms with van der Waals surface area (Å²) in [6.07, 6.45) is 4.97. The Labute approximate surface area is 109 Å². The molecule has 1 aromatic heterocycles. The van der Waals surface area contributed by atoms with Crippen LogP contribution in [0.1, 0.15) is 62.6 Å². The normalized spacial score (nSPS) is 29.0. The van der Waals surface area contributed by atoms with Crippen molar-refractivity contribution in [2.45, 2.75) is 57.4 Å². The molecule has 1 aliphatic carbocycles. The molecule has 3 rings (SSSR count). The Balaban J connectivity index is 1.80. The molecule has 0 amide bonds. The standard InChI is InChI=1S/C14H24N4/c1-9-3-4-10(2)13-12(9)14(18-17-13)16-11-5-7-15-8-6-11/h9-11,15H,3-8H2,1-2H3,(H2,16,17,18). The summed E-state index contributed by atoms with van der Waals surface area (Å²) in [5.41, 5.74) is 2.82. The van der Waals surface area contributed by atoms with Crippen LogP contribution in [0.4, 0.5) is 5.82 Å². The third-order valence-corrected chi connectivity index (χ3v) is 4.53. The smallest absolute Gasteiger partial charge is 0.151 e. The molecule has 4 nitrogen and oxygen atoms in total.